The molecule has 0 radical (unpaired) electrons. The van der Waals surface area contributed by atoms with E-state index in [0.29, 0.717) is 0 Å². The van der Waals surface area contributed by atoms with Crippen molar-refractivity contribution >= 4 is 42.4 Å². The molecule has 0 bridgehead atoms. The highest BCUT2D eigenvalue weighted by atomic mass is 79.9. The Labute approximate surface area is 93.3 Å². The van der Waals surface area contributed by atoms with Gasteiger partial charge in [-0.05, 0) is 39.7 Å². The van der Waals surface area contributed by atoms with Crippen LogP contribution in [0.5, 0.6) is 0 Å². The first-order valence-corrected chi connectivity index (χ1v) is 6.11. The number of furan rings is 1. The number of rotatable bonds is 1. The molecule has 1 aromatic heterocycles. The molecule has 7 heteroatoms. The highest BCUT2D eigenvalue weighted by Crippen LogP contribution is 2.27. The quantitative estimate of drug-likeness (QED) is 0.799. The molecule has 1 aromatic rings. The predicted octanol–water partition coefficient (Wildman–Crippen LogP) is 2.30. The van der Waals surface area contributed by atoms with Gasteiger partial charge in [0.25, 0.3) is 0 Å². The molecular formula is C7H3BrClNO3S. The van der Waals surface area contributed by atoms with E-state index in [2.05, 4.69) is 20.9 Å². The number of nitrogens with zero attached hydrogens (tertiary/aromatic N) is 1. The number of aliphatic imine (C=N–C) groups is 1. The van der Waals surface area contributed by atoms with E-state index in [1.807, 2.05) is 0 Å². The predicted molar refractivity (Wildman–Crippen MR) is 56.2 cm³/mol. The normalized spacial score (nSPS) is 19.3. The number of hydrogen-bond acceptors (Lipinski definition) is 4. The van der Waals surface area contributed by atoms with Crippen LogP contribution >= 0.6 is 27.5 Å². The molecule has 0 aliphatic carbocycles. The van der Waals surface area contributed by atoms with Gasteiger partial charge >= 0.3 is 0 Å². The first-order valence-electron chi connectivity index (χ1n) is 3.46. The van der Waals surface area contributed by atoms with E-state index in [4.69, 9.17) is 16.0 Å². The molecule has 1 aliphatic heterocycles. The second-order valence-corrected chi connectivity index (χ2v) is 6.06. The molecule has 14 heavy (non-hydrogen) atoms. The maximum Gasteiger partial charge on any atom is 0.235 e. The van der Waals surface area contributed by atoms with E-state index < -0.39 is 9.84 Å². The molecule has 0 aromatic carbocycles. The number of halogens is 2. The summed E-state index contributed by atoms with van der Waals surface area (Å²) in [7, 11) is -3.53. The van der Waals surface area contributed by atoms with Gasteiger partial charge in [0.05, 0.1) is 6.20 Å². The molecule has 74 valence electrons. The Morgan fingerprint density at radius 2 is 2.14 bits per heavy atom. The summed E-state index contributed by atoms with van der Waals surface area (Å²) in [6, 6.07) is 2.92. The van der Waals surface area contributed by atoms with Crippen LogP contribution in [0.25, 0.3) is 0 Å². The first-order chi connectivity index (χ1) is 6.51. The van der Waals surface area contributed by atoms with Crippen LogP contribution in [0, 0.1) is 0 Å². The van der Waals surface area contributed by atoms with Crippen LogP contribution in [-0.2, 0) is 9.84 Å². The van der Waals surface area contributed by atoms with Crippen molar-refractivity contribution in [1.29, 1.82) is 0 Å². The van der Waals surface area contributed by atoms with Crippen LogP contribution in [0.4, 0.5) is 0 Å². The average Bonchev–Trinajstić information content (AvgIpc) is 2.60. The van der Waals surface area contributed by atoms with Crippen molar-refractivity contribution in [2.45, 2.75) is 0 Å². The Balaban J connectivity index is 2.51. The third-order valence-electron chi connectivity index (χ3n) is 1.58. The zero-order chi connectivity index (χ0) is 10.3. The van der Waals surface area contributed by atoms with Gasteiger partial charge in [-0.25, -0.2) is 13.4 Å². The minimum absolute atomic E-state index is 0.0209. The lowest BCUT2D eigenvalue weighted by atomic mass is 10.5. The molecule has 0 N–H and O–H groups in total. The minimum Gasteiger partial charge on any atom is -0.442 e. The molecule has 0 unspecified atom stereocenters. The van der Waals surface area contributed by atoms with Crippen LogP contribution in [0.15, 0.2) is 31.6 Å². The van der Waals surface area contributed by atoms with Gasteiger partial charge in [0.1, 0.15) is 3.81 Å². The second kappa shape index (κ2) is 3.22. The van der Waals surface area contributed by atoms with Gasteiger partial charge in [-0.3, -0.25) is 0 Å². The Bertz CT molecular complexity index is 543. The van der Waals surface area contributed by atoms with E-state index in [1.165, 1.54) is 18.3 Å². The van der Waals surface area contributed by atoms with Gasteiger partial charge in [-0.15, -0.1) is 0 Å². The average molecular weight is 297 g/mol. The summed E-state index contributed by atoms with van der Waals surface area (Å²) < 4.78 is 28.1. The van der Waals surface area contributed by atoms with Crippen molar-refractivity contribution in [2.24, 2.45) is 4.99 Å². The highest BCUT2D eigenvalue weighted by Gasteiger charge is 2.31. The third-order valence-corrected chi connectivity index (χ3v) is 4.70. The van der Waals surface area contributed by atoms with E-state index in [-0.39, 0.29) is 19.8 Å². The van der Waals surface area contributed by atoms with Crippen molar-refractivity contribution in [3.8, 4) is 0 Å². The Kier molecular flexibility index (Phi) is 2.29. The lowest BCUT2D eigenvalue weighted by Gasteiger charge is -1.96. The fourth-order valence-electron chi connectivity index (χ4n) is 0.966. The molecule has 2 rings (SSSR count). The van der Waals surface area contributed by atoms with Gasteiger partial charge < -0.3 is 4.42 Å². The standard InChI is InChI=1S/C7H3BrClNO3S/c8-5-3-10-7(14(5,11)12)4-1-2-6(9)13-4/h1-3H. The fourth-order valence-corrected chi connectivity index (χ4v) is 2.62. The summed E-state index contributed by atoms with van der Waals surface area (Å²) in [6.07, 6.45) is 1.21. The van der Waals surface area contributed by atoms with Crippen molar-refractivity contribution < 1.29 is 12.8 Å². The van der Waals surface area contributed by atoms with E-state index in [9.17, 15) is 8.42 Å². The van der Waals surface area contributed by atoms with Crippen LogP contribution in [0.3, 0.4) is 0 Å². The molecule has 4 nitrogen and oxygen atoms in total. The van der Waals surface area contributed by atoms with Gasteiger partial charge in [-0.1, -0.05) is 0 Å². The van der Waals surface area contributed by atoms with Crippen molar-refractivity contribution in [3.63, 3.8) is 0 Å². The number of hydrogen-bond donors (Lipinski definition) is 0. The van der Waals surface area contributed by atoms with E-state index in [1.54, 1.807) is 0 Å². The lowest BCUT2D eigenvalue weighted by molar-refractivity contribution is 0.560. The molecule has 1 aliphatic rings. The monoisotopic (exact) mass is 295 g/mol. The maximum atomic E-state index is 11.6. The summed E-state index contributed by atoms with van der Waals surface area (Å²) in [5, 5.41) is -0.00259. The Morgan fingerprint density at radius 1 is 1.43 bits per heavy atom. The van der Waals surface area contributed by atoms with Crippen molar-refractivity contribution in [3.05, 3.63) is 33.1 Å². The molecule has 2 heterocycles. The molecular weight excluding hydrogens is 294 g/mol. The van der Waals surface area contributed by atoms with Crippen LogP contribution in [-0.4, -0.2) is 13.5 Å². The zero-order valence-electron chi connectivity index (χ0n) is 6.57. The second-order valence-electron chi connectivity index (χ2n) is 2.47. The molecule has 0 spiro atoms. The largest absolute Gasteiger partial charge is 0.442 e. The van der Waals surface area contributed by atoms with Gasteiger partial charge in [-0.2, -0.15) is 0 Å². The summed E-state index contributed by atoms with van der Waals surface area (Å²) >= 11 is 8.41. The van der Waals surface area contributed by atoms with Gasteiger partial charge in [0.15, 0.2) is 11.0 Å². The van der Waals surface area contributed by atoms with E-state index in [0.717, 1.165) is 0 Å². The van der Waals surface area contributed by atoms with E-state index >= 15 is 0 Å². The summed E-state index contributed by atoms with van der Waals surface area (Å²) in [5.74, 6) is 0.140. The summed E-state index contributed by atoms with van der Waals surface area (Å²) in [6.45, 7) is 0. The van der Waals surface area contributed by atoms with Crippen LogP contribution in [0.2, 0.25) is 5.22 Å². The smallest absolute Gasteiger partial charge is 0.235 e. The first kappa shape index (κ1) is 9.95. The maximum absolute atomic E-state index is 11.6. The minimum atomic E-state index is -3.53. The molecule has 0 amide bonds. The zero-order valence-corrected chi connectivity index (χ0v) is 9.73. The number of sulfone groups is 1. The van der Waals surface area contributed by atoms with Crippen molar-refractivity contribution in [2.75, 3.05) is 0 Å². The van der Waals surface area contributed by atoms with Crippen molar-refractivity contribution in [1.82, 2.24) is 0 Å². The lowest BCUT2D eigenvalue weighted by Crippen LogP contribution is -2.11. The summed E-state index contributed by atoms with van der Waals surface area (Å²) in [4.78, 5) is 3.72. The van der Waals surface area contributed by atoms with Crippen LogP contribution < -0.4 is 0 Å². The molecule has 0 fully saturated rings. The Hall–Kier alpha value is -0.590. The summed E-state index contributed by atoms with van der Waals surface area (Å²) in [5.41, 5.74) is 0. The third kappa shape index (κ3) is 1.43. The topological polar surface area (TPSA) is 59.6 Å². The molecule has 0 atom stereocenters. The van der Waals surface area contributed by atoms with Crippen LogP contribution in [0.1, 0.15) is 5.76 Å². The SMILES string of the molecule is O=S1(=O)C(Br)=CN=C1c1ccc(Cl)o1. The highest BCUT2D eigenvalue weighted by molar-refractivity contribution is 9.14. The molecule has 0 saturated carbocycles. The van der Waals surface area contributed by atoms with Gasteiger partial charge in [0, 0.05) is 0 Å². The van der Waals surface area contributed by atoms with Gasteiger partial charge in [0.2, 0.25) is 14.9 Å². The Morgan fingerprint density at radius 3 is 2.57 bits per heavy atom. The fraction of sp³-hybridized carbons (Fsp3) is 0. The molecule has 0 saturated heterocycles.